The lowest BCUT2D eigenvalue weighted by atomic mass is 10.1. The fourth-order valence-corrected chi connectivity index (χ4v) is 4.19. The maximum absolute atomic E-state index is 12.8. The van der Waals surface area contributed by atoms with Crippen LogP contribution in [-0.2, 0) is 0 Å². The molecule has 3 aromatic rings. The van der Waals surface area contributed by atoms with E-state index >= 15 is 0 Å². The number of hydrogen-bond acceptors (Lipinski definition) is 6. The Bertz CT molecular complexity index is 1240. The third kappa shape index (κ3) is 3.93. The van der Waals surface area contributed by atoms with Crippen LogP contribution >= 0.6 is 22.9 Å². The molecule has 3 heterocycles. The number of aromatic hydroxyl groups is 1. The summed E-state index contributed by atoms with van der Waals surface area (Å²) in [5.74, 6) is 0.210. The normalized spacial score (nSPS) is 17.1. The Kier molecular flexibility index (Phi) is 5.43. The summed E-state index contributed by atoms with van der Waals surface area (Å²) in [5, 5.41) is 10.2. The van der Waals surface area contributed by atoms with Crippen LogP contribution in [0.15, 0.2) is 34.2 Å². The molecule has 1 unspecified atom stereocenters. The van der Waals surface area contributed by atoms with Gasteiger partial charge in [0.15, 0.2) is 16.5 Å². The molecule has 2 aromatic heterocycles. The van der Waals surface area contributed by atoms with Crippen molar-refractivity contribution >= 4 is 45.8 Å². The van der Waals surface area contributed by atoms with E-state index < -0.39 is 0 Å². The van der Waals surface area contributed by atoms with Crippen molar-refractivity contribution in [3.05, 3.63) is 55.6 Å². The maximum Gasteiger partial charge on any atom is 0.274 e. The van der Waals surface area contributed by atoms with Crippen molar-refractivity contribution in [2.45, 2.75) is 32.7 Å². The average Bonchev–Trinajstić information content (AvgIpc) is 3.24. The van der Waals surface area contributed by atoms with Crippen LogP contribution < -0.4 is 14.8 Å². The predicted octanol–water partition coefficient (Wildman–Crippen LogP) is 3.70. The highest BCUT2D eigenvalue weighted by molar-refractivity contribution is 7.15. The van der Waals surface area contributed by atoms with Crippen molar-refractivity contribution in [2.75, 3.05) is 6.61 Å². The van der Waals surface area contributed by atoms with E-state index in [1.165, 1.54) is 11.3 Å². The van der Waals surface area contributed by atoms with Gasteiger partial charge in [-0.05, 0) is 43.5 Å². The van der Waals surface area contributed by atoms with Crippen LogP contribution in [-0.4, -0.2) is 33.4 Å². The van der Waals surface area contributed by atoms with E-state index in [4.69, 9.17) is 16.3 Å². The summed E-state index contributed by atoms with van der Waals surface area (Å²) in [5.41, 5.74) is 2.22. The van der Waals surface area contributed by atoms with E-state index in [1.54, 1.807) is 28.8 Å². The Hall–Kier alpha value is -2.64. The third-order valence-electron chi connectivity index (χ3n) is 4.56. The van der Waals surface area contributed by atoms with Crippen molar-refractivity contribution in [3.63, 3.8) is 0 Å². The van der Waals surface area contributed by atoms with Crippen LogP contribution in [0.3, 0.4) is 0 Å². The largest absolute Gasteiger partial charge is 0.503 e. The molecule has 8 heteroatoms. The second kappa shape index (κ2) is 8.00. The van der Waals surface area contributed by atoms with E-state index in [0.29, 0.717) is 27.4 Å². The van der Waals surface area contributed by atoms with Crippen LogP contribution in [0.4, 0.5) is 0 Å². The second-order valence-corrected chi connectivity index (χ2v) is 8.33. The van der Waals surface area contributed by atoms with Gasteiger partial charge in [-0.2, -0.15) is 0 Å². The van der Waals surface area contributed by atoms with Crippen molar-refractivity contribution in [2.24, 2.45) is 4.99 Å². The first-order chi connectivity index (χ1) is 14.0. The van der Waals surface area contributed by atoms with Gasteiger partial charge in [0.25, 0.3) is 5.56 Å². The molecule has 1 aliphatic rings. The molecule has 4 rings (SSSR count). The number of dihydropyridines is 1. The van der Waals surface area contributed by atoms with Crippen molar-refractivity contribution in [3.8, 4) is 11.5 Å². The highest BCUT2D eigenvalue weighted by Crippen LogP contribution is 2.35. The zero-order valence-corrected chi connectivity index (χ0v) is 17.6. The fraction of sp³-hybridized carbons (Fsp3) is 0.286. The molecule has 1 atom stereocenters. The molecule has 29 heavy (non-hydrogen) atoms. The molecular weight excluding hydrogens is 410 g/mol. The summed E-state index contributed by atoms with van der Waals surface area (Å²) in [4.78, 5) is 22.4. The van der Waals surface area contributed by atoms with Crippen molar-refractivity contribution < 1.29 is 9.84 Å². The van der Waals surface area contributed by atoms with Crippen LogP contribution in [0, 0.1) is 0 Å². The number of aliphatic imine (C=N–C) groups is 1. The Labute approximate surface area is 176 Å². The molecule has 0 fully saturated rings. The van der Waals surface area contributed by atoms with Gasteiger partial charge >= 0.3 is 0 Å². The molecule has 0 bridgehead atoms. The lowest BCUT2D eigenvalue weighted by Gasteiger charge is -2.09. The molecule has 0 radical (unpaired) electrons. The Morgan fingerprint density at radius 2 is 2.28 bits per heavy atom. The number of fused-ring (bicyclic) bond motifs is 1. The third-order valence-corrected chi connectivity index (χ3v) is 5.83. The van der Waals surface area contributed by atoms with Crippen molar-refractivity contribution in [1.82, 2.24) is 9.38 Å². The van der Waals surface area contributed by atoms with Gasteiger partial charge in [0.2, 0.25) is 0 Å². The monoisotopic (exact) mass is 429 g/mol. The number of nitrogens with zero attached hydrogens (tertiary/aromatic N) is 3. The standard InChI is InChI=1S/C21H20ClN3O3S/c1-3-6-28-17-8-13(7-15(22)19(17)26)9-18-20(27)25-11-16(24-21(25)29-18)14-5-4-12(2)23-10-14/h5,7-12,26H,3-4,6H2,1-2H3. The molecule has 1 aromatic carbocycles. The molecule has 0 saturated carbocycles. The van der Waals surface area contributed by atoms with Crippen LogP contribution in [0.2, 0.25) is 5.02 Å². The molecule has 6 nitrogen and oxygen atoms in total. The maximum atomic E-state index is 12.8. The topological polar surface area (TPSA) is 76.2 Å². The van der Waals surface area contributed by atoms with Gasteiger partial charge in [-0.1, -0.05) is 35.9 Å². The first-order valence-electron chi connectivity index (χ1n) is 9.39. The van der Waals surface area contributed by atoms with Gasteiger partial charge in [0, 0.05) is 18.0 Å². The summed E-state index contributed by atoms with van der Waals surface area (Å²) in [7, 11) is 0. The zero-order valence-electron chi connectivity index (χ0n) is 16.1. The number of hydrogen-bond donors (Lipinski definition) is 1. The second-order valence-electron chi connectivity index (χ2n) is 6.91. The Morgan fingerprint density at radius 3 is 2.97 bits per heavy atom. The smallest absolute Gasteiger partial charge is 0.274 e. The highest BCUT2D eigenvalue weighted by atomic mass is 35.5. The molecule has 0 saturated heterocycles. The summed E-state index contributed by atoms with van der Waals surface area (Å²) in [6.07, 6.45) is 9.06. The zero-order chi connectivity index (χ0) is 20.5. The Morgan fingerprint density at radius 1 is 1.45 bits per heavy atom. The molecule has 1 N–H and O–H groups in total. The summed E-state index contributed by atoms with van der Waals surface area (Å²) >= 11 is 7.42. The Balaban J connectivity index is 1.72. The molecular formula is C21H20ClN3O3S. The lowest BCUT2D eigenvalue weighted by molar-refractivity contribution is 0.299. The first-order valence-corrected chi connectivity index (χ1v) is 10.6. The number of ether oxygens (including phenoxy) is 1. The minimum atomic E-state index is -0.148. The van der Waals surface area contributed by atoms with E-state index in [2.05, 4.69) is 23.0 Å². The number of imidazole rings is 1. The lowest BCUT2D eigenvalue weighted by Crippen LogP contribution is -2.22. The van der Waals surface area contributed by atoms with Gasteiger partial charge in [0.05, 0.1) is 27.9 Å². The number of allylic oxidation sites excluding steroid dienone is 1. The van der Waals surface area contributed by atoms with Gasteiger partial charge < -0.3 is 9.84 Å². The van der Waals surface area contributed by atoms with E-state index in [-0.39, 0.29) is 22.4 Å². The summed E-state index contributed by atoms with van der Waals surface area (Å²) in [6, 6.07) is 3.56. The van der Waals surface area contributed by atoms with Gasteiger partial charge in [-0.3, -0.25) is 14.2 Å². The number of benzene rings is 1. The number of phenols is 1. The molecule has 0 amide bonds. The van der Waals surface area contributed by atoms with Crippen molar-refractivity contribution in [1.29, 1.82) is 0 Å². The van der Waals surface area contributed by atoms with E-state index in [0.717, 1.165) is 24.1 Å². The molecule has 0 spiro atoms. The quantitative estimate of drug-likeness (QED) is 0.671. The summed E-state index contributed by atoms with van der Waals surface area (Å²) < 4.78 is 7.62. The van der Waals surface area contributed by atoms with Gasteiger partial charge in [-0.15, -0.1) is 0 Å². The molecule has 0 aliphatic carbocycles. The average molecular weight is 430 g/mol. The first kappa shape index (κ1) is 19.7. The van der Waals surface area contributed by atoms with Crippen LogP contribution in [0.25, 0.3) is 16.6 Å². The summed E-state index contributed by atoms with van der Waals surface area (Å²) in [6.45, 7) is 4.50. The number of aromatic nitrogens is 2. The fourth-order valence-electron chi connectivity index (χ4n) is 3.01. The van der Waals surface area contributed by atoms with Gasteiger partial charge in [-0.25, -0.2) is 4.98 Å². The molecule has 150 valence electrons. The van der Waals surface area contributed by atoms with Gasteiger partial charge in [0.1, 0.15) is 0 Å². The number of halogens is 1. The van der Waals surface area contributed by atoms with E-state index in [9.17, 15) is 9.90 Å². The highest BCUT2D eigenvalue weighted by Gasteiger charge is 2.14. The number of thiazole rings is 1. The molecule has 1 aliphatic heterocycles. The van der Waals surface area contributed by atoms with Crippen LogP contribution in [0.5, 0.6) is 11.5 Å². The SMILES string of the molecule is CCCOc1cc(C=c2sc3nc(C4=CCC(C)N=C4)cn3c2=O)cc(Cl)c1O. The predicted molar refractivity (Wildman–Crippen MR) is 118 cm³/mol. The number of rotatable bonds is 5. The van der Waals surface area contributed by atoms with Crippen LogP contribution in [0.1, 0.15) is 37.9 Å². The van der Waals surface area contributed by atoms with E-state index in [1.807, 2.05) is 13.1 Å². The minimum Gasteiger partial charge on any atom is -0.503 e. The minimum absolute atomic E-state index is 0.0954. The number of phenolic OH excluding ortho intramolecular Hbond substituents is 1.